The number of primary amides is 1. The first-order chi connectivity index (χ1) is 16.4. The van der Waals surface area contributed by atoms with Crippen LogP contribution in [0, 0.1) is 5.92 Å². The lowest BCUT2D eigenvalue weighted by atomic mass is 10.0. The summed E-state index contributed by atoms with van der Waals surface area (Å²) in [6.45, 7) is 3.85. The average Bonchev–Trinajstić information content (AvgIpc) is 3.27. The van der Waals surface area contributed by atoms with Crippen LogP contribution in [0.1, 0.15) is 38.8 Å². The number of nitrogens with two attached hydrogens (primary N) is 2. The highest BCUT2D eigenvalue weighted by atomic mass is 32.2. The maximum Gasteiger partial charge on any atom is 0.326 e. The van der Waals surface area contributed by atoms with Crippen molar-refractivity contribution in [2.75, 3.05) is 12.0 Å². The molecule has 0 aliphatic heterocycles. The topological polar surface area (TPSA) is 222 Å². The van der Waals surface area contributed by atoms with Crippen molar-refractivity contribution in [3.63, 3.8) is 0 Å². The number of nitrogens with one attached hydrogen (secondary N) is 4. The molecule has 1 aromatic rings. The number of amides is 4. The predicted molar refractivity (Wildman–Crippen MR) is 130 cm³/mol. The molecule has 35 heavy (non-hydrogen) atoms. The van der Waals surface area contributed by atoms with E-state index in [1.807, 2.05) is 20.1 Å². The van der Waals surface area contributed by atoms with E-state index in [-0.39, 0.29) is 18.8 Å². The minimum Gasteiger partial charge on any atom is -0.480 e. The number of aromatic nitrogens is 2. The van der Waals surface area contributed by atoms with E-state index >= 15 is 0 Å². The number of carbonyl (C=O) groups is 5. The van der Waals surface area contributed by atoms with Crippen LogP contribution in [0.25, 0.3) is 0 Å². The zero-order valence-electron chi connectivity index (χ0n) is 20.1. The van der Waals surface area contributed by atoms with Crippen LogP contribution in [0.4, 0.5) is 0 Å². The Balaban J connectivity index is 3.04. The summed E-state index contributed by atoms with van der Waals surface area (Å²) in [6.07, 6.45) is 4.73. The van der Waals surface area contributed by atoms with Gasteiger partial charge in [-0.25, -0.2) is 9.78 Å². The molecule has 0 spiro atoms. The molecule has 14 heteroatoms. The second-order valence-corrected chi connectivity index (χ2v) is 9.48. The van der Waals surface area contributed by atoms with E-state index in [0.29, 0.717) is 17.9 Å². The van der Waals surface area contributed by atoms with Crippen molar-refractivity contribution in [2.24, 2.45) is 17.4 Å². The van der Waals surface area contributed by atoms with Gasteiger partial charge in [0.1, 0.15) is 18.1 Å². The monoisotopic (exact) mass is 513 g/mol. The number of rotatable bonds is 16. The third-order valence-electron chi connectivity index (χ3n) is 4.94. The molecule has 4 atom stereocenters. The summed E-state index contributed by atoms with van der Waals surface area (Å²) < 4.78 is 0. The SMILES string of the molecule is CSCCC(NC(=O)C(N)CC(C)C)C(=O)NC(Cc1cnc[nH]1)C(=O)NC(CC(N)=O)C(=O)O. The zero-order chi connectivity index (χ0) is 26.5. The summed E-state index contributed by atoms with van der Waals surface area (Å²) in [5.41, 5.74) is 11.5. The highest BCUT2D eigenvalue weighted by Gasteiger charge is 2.31. The van der Waals surface area contributed by atoms with Crippen molar-refractivity contribution >= 4 is 41.4 Å². The Morgan fingerprint density at radius 1 is 1.06 bits per heavy atom. The Hall–Kier alpha value is -3.13. The van der Waals surface area contributed by atoms with E-state index in [1.54, 1.807) is 0 Å². The molecule has 0 saturated heterocycles. The lowest BCUT2D eigenvalue weighted by Crippen LogP contribution is -2.58. The zero-order valence-corrected chi connectivity index (χ0v) is 20.9. The third kappa shape index (κ3) is 11.2. The second kappa shape index (κ2) is 15.0. The lowest BCUT2D eigenvalue weighted by molar-refractivity contribution is -0.143. The molecule has 0 fully saturated rings. The van der Waals surface area contributed by atoms with Crippen molar-refractivity contribution in [1.82, 2.24) is 25.9 Å². The number of imidazole rings is 1. The Kier molecular flexibility index (Phi) is 12.8. The van der Waals surface area contributed by atoms with Crippen molar-refractivity contribution in [1.29, 1.82) is 0 Å². The minimum absolute atomic E-state index is 0.0451. The molecule has 0 bridgehead atoms. The van der Waals surface area contributed by atoms with Gasteiger partial charge in [0.2, 0.25) is 23.6 Å². The number of carbonyl (C=O) groups excluding carboxylic acids is 4. The minimum atomic E-state index is -1.57. The Labute approximate surface area is 207 Å². The highest BCUT2D eigenvalue weighted by molar-refractivity contribution is 7.98. The number of hydrogen-bond donors (Lipinski definition) is 7. The molecule has 13 nitrogen and oxygen atoms in total. The predicted octanol–water partition coefficient (Wildman–Crippen LogP) is -1.51. The fourth-order valence-electron chi connectivity index (χ4n) is 3.17. The molecule has 0 radical (unpaired) electrons. The third-order valence-corrected chi connectivity index (χ3v) is 5.58. The maximum absolute atomic E-state index is 13.1. The average molecular weight is 514 g/mol. The van der Waals surface area contributed by atoms with Crippen LogP contribution in [0.15, 0.2) is 12.5 Å². The molecule has 0 aliphatic carbocycles. The normalized spacial score (nSPS) is 14.4. The van der Waals surface area contributed by atoms with E-state index in [1.165, 1.54) is 24.3 Å². The molecule has 196 valence electrons. The summed E-state index contributed by atoms with van der Waals surface area (Å²) >= 11 is 1.48. The van der Waals surface area contributed by atoms with Crippen LogP contribution in [-0.4, -0.2) is 80.8 Å². The standard InChI is InChI=1S/C21H35N7O6S/c1-11(2)6-13(22)18(30)26-14(4-5-35-3)19(31)27-15(7-12-9-24-10-25-12)20(32)28-16(21(33)34)8-17(23)29/h9-11,13-16H,4-8,22H2,1-3H3,(H2,23,29)(H,24,25)(H,26,30)(H,27,31)(H,28,32)(H,33,34). The Morgan fingerprint density at radius 2 is 1.66 bits per heavy atom. The van der Waals surface area contributed by atoms with Gasteiger partial charge in [0.05, 0.1) is 18.8 Å². The summed E-state index contributed by atoms with van der Waals surface area (Å²) in [5.74, 6) is -3.59. The highest BCUT2D eigenvalue weighted by Crippen LogP contribution is 2.07. The van der Waals surface area contributed by atoms with Crippen LogP contribution in [-0.2, 0) is 30.4 Å². The van der Waals surface area contributed by atoms with Crippen molar-refractivity contribution in [2.45, 2.75) is 63.7 Å². The number of aromatic amines is 1. The number of nitrogens with zero attached hydrogens (tertiary/aromatic N) is 1. The molecular weight excluding hydrogens is 478 g/mol. The van der Waals surface area contributed by atoms with E-state index in [0.717, 1.165) is 0 Å². The van der Waals surface area contributed by atoms with Gasteiger partial charge in [0.15, 0.2) is 0 Å². The first-order valence-electron chi connectivity index (χ1n) is 11.1. The molecule has 0 saturated carbocycles. The molecule has 1 rings (SSSR count). The first kappa shape index (κ1) is 29.9. The van der Waals surface area contributed by atoms with Gasteiger partial charge in [0.25, 0.3) is 0 Å². The van der Waals surface area contributed by atoms with Gasteiger partial charge in [-0.15, -0.1) is 0 Å². The number of carboxylic acids is 1. The van der Waals surface area contributed by atoms with Gasteiger partial charge in [0, 0.05) is 18.3 Å². The van der Waals surface area contributed by atoms with Gasteiger partial charge < -0.3 is 37.5 Å². The molecule has 4 amide bonds. The smallest absolute Gasteiger partial charge is 0.326 e. The van der Waals surface area contributed by atoms with Gasteiger partial charge >= 0.3 is 5.97 Å². The van der Waals surface area contributed by atoms with E-state index in [9.17, 15) is 29.1 Å². The van der Waals surface area contributed by atoms with Crippen molar-refractivity contribution < 1.29 is 29.1 Å². The van der Waals surface area contributed by atoms with Gasteiger partial charge in [-0.2, -0.15) is 11.8 Å². The van der Waals surface area contributed by atoms with Crippen LogP contribution in [0.3, 0.4) is 0 Å². The quantitative estimate of drug-likeness (QED) is 0.136. The summed E-state index contributed by atoms with van der Waals surface area (Å²) in [6, 6.07) is -4.56. The molecule has 1 heterocycles. The van der Waals surface area contributed by atoms with Crippen LogP contribution in [0.2, 0.25) is 0 Å². The number of H-pyrrole nitrogens is 1. The largest absolute Gasteiger partial charge is 0.480 e. The molecule has 9 N–H and O–H groups in total. The second-order valence-electron chi connectivity index (χ2n) is 8.49. The molecule has 1 aromatic heterocycles. The molecule has 4 unspecified atom stereocenters. The van der Waals surface area contributed by atoms with E-state index in [4.69, 9.17) is 11.5 Å². The van der Waals surface area contributed by atoms with Gasteiger partial charge in [-0.3, -0.25) is 19.2 Å². The summed E-state index contributed by atoms with van der Waals surface area (Å²) in [4.78, 5) is 67.8. The van der Waals surface area contributed by atoms with Crippen LogP contribution < -0.4 is 27.4 Å². The molecular formula is C21H35N7O6S. The molecule has 0 aliphatic rings. The molecule has 0 aromatic carbocycles. The van der Waals surface area contributed by atoms with Crippen LogP contribution >= 0.6 is 11.8 Å². The van der Waals surface area contributed by atoms with Gasteiger partial charge in [-0.05, 0) is 30.8 Å². The van der Waals surface area contributed by atoms with Crippen molar-refractivity contribution in [3.05, 3.63) is 18.2 Å². The van der Waals surface area contributed by atoms with E-state index in [2.05, 4.69) is 25.9 Å². The number of thioether (sulfide) groups is 1. The first-order valence-corrected chi connectivity index (χ1v) is 12.5. The number of hydrogen-bond acceptors (Lipinski definition) is 8. The summed E-state index contributed by atoms with van der Waals surface area (Å²) in [5, 5.41) is 16.8. The van der Waals surface area contributed by atoms with E-state index < -0.39 is 60.2 Å². The van der Waals surface area contributed by atoms with Crippen molar-refractivity contribution in [3.8, 4) is 0 Å². The Morgan fingerprint density at radius 3 is 2.17 bits per heavy atom. The number of carboxylic acid groups (broad SMARTS) is 1. The number of aliphatic carboxylic acids is 1. The fraction of sp³-hybridized carbons (Fsp3) is 0.619. The fourth-order valence-corrected chi connectivity index (χ4v) is 3.64. The summed E-state index contributed by atoms with van der Waals surface area (Å²) in [7, 11) is 0. The lowest BCUT2D eigenvalue weighted by Gasteiger charge is -2.25. The maximum atomic E-state index is 13.1. The van der Waals surface area contributed by atoms with Gasteiger partial charge in [-0.1, -0.05) is 13.8 Å². The van der Waals surface area contributed by atoms with Crippen LogP contribution in [0.5, 0.6) is 0 Å². The Bertz CT molecular complexity index is 864.